The van der Waals surface area contributed by atoms with E-state index in [-0.39, 0.29) is 11.5 Å². The van der Waals surface area contributed by atoms with Crippen molar-refractivity contribution in [3.63, 3.8) is 0 Å². The second-order valence-corrected chi connectivity index (χ2v) is 7.57. The number of halogens is 1. The molecule has 0 aliphatic heterocycles. The van der Waals surface area contributed by atoms with Gasteiger partial charge >= 0.3 is 0 Å². The van der Waals surface area contributed by atoms with Crippen molar-refractivity contribution in [3.05, 3.63) is 99.6 Å². The Morgan fingerprint density at radius 3 is 2.37 bits per heavy atom. The maximum atomic E-state index is 12.7. The molecule has 0 aliphatic rings. The number of hydrogen-bond donors (Lipinski definition) is 1. The quantitative estimate of drug-likeness (QED) is 0.521. The first-order chi connectivity index (χ1) is 14.4. The van der Waals surface area contributed by atoms with E-state index < -0.39 is 6.04 Å². The number of benzene rings is 3. The molecule has 3 aromatic carbocycles. The first-order valence-corrected chi connectivity index (χ1v) is 9.94. The first kappa shape index (κ1) is 19.9. The number of rotatable bonds is 4. The summed E-state index contributed by atoms with van der Waals surface area (Å²) in [6.07, 6.45) is 0. The molecule has 1 atom stereocenters. The third kappa shape index (κ3) is 3.84. The molecule has 1 amide bonds. The number of amides is 1. The molecule has 4 rings (SSSR count). The van der Waals surface area contributed by atoms with Gasteiger partial charge in [-0.1, -0.05) is 54.1 Å². The van der Waals surface area contributed by atoms with Crippen LogP contribution in [0.2, 0.25) is 5.02 Å². The summed E-state index contributed by atoms with van der Waals surface area (Å²) in [4.78, 5) is 30.0. The first-order valence-electron chi connectivity index (χ1n) is 9.56. The second kappa shape index (κ2) is 8.13. The van der Waals surface area contributed by atoms with Crippen LogP contribution < -0.4 is 10.9 Å². The van der Waals surface area contributed by atoms with E-state index in [1.807, 2.05) is 42.5 Å². The Hall–Kier alpha value is -3.44. The number of carbonyl (C=O) groups excluding carboxylic acids is 1. The molecule has 1 unspecified atom stereocenters. The predicted molar refractivity (Wildman–Crippen MR) is 120 cm³/mol. The minimum absolute atomic E-state index is 0.181. The largest absolute Gasteiger partial charge is 0.342 e. The van der Waals surface area contributed by atoms with E-state index in [0.717, 1.165) is 11.1 Å². The molecule has 0 fully saturated rings. The maximum absolute atomic E-state index is 12.7. The number of aromatic nitrogens is 2. The van der Waals surface area contributed by atoms with Crippen LogP contribution in [-0.2, 0) is 7.05 Å². The van der Waals surface area contributed by atoms with E-state index in [1.54, 1.807) is 44.3 Å². The summed E-state index contributed by atoms with van der Waals surface area (Å²) in [6, 6.07) is 21.9. The SMILES string of the molecule is CC(NC(=O)c1ccc(-c2ccccc2)cc1)c1nc2cc(Cl)ccc2c(=O)n1C. The lowest BCUT2D eigenvalue weighted by Gasteiger charge is -2.17. The standard InChI is InChI=1S/C24H20ClN3O2/c1-15(22-27-21-14-19(25)12-13-20(21)24(30)28(22)2)26-23(29)18-10-8-17(9-11-18)16-6-4-3-5-7-16/h3-15H,1-2H3,(H,26,29). The highest BCUT2D eigenvalue weighted by Crippen LogP contribution is 2.20. The van der Waals surface area contributed by atoms with E-state index in [4.69, 9.17) is 11.6 Å². The smallest absolute Gasteiger partial charge is 0.261 e. The third-order valence-corrected chi connectivity index (χ3v) is 5.30. The van der Waals surface area contributed by atoms with Crippen LogP contribution in [0.4, 0.5) is 0 Å². The van der Waals surface area contributed by atoms with Gasteiger partial charge in [-0.3, -0.25) is 14.2 Å². The van der Waals surface area contributed by atoms with Crippen LogP contribution in [0.15, 0.2) is 77.6 Å². The lowest BCUT2D eigenvalue weighted by molar-refractivity contribution is 0.0937. The summed E-state index contributed by atoms with van der Waals surface area (Å²) < 4.78 is 1.46. The van der Waals surface area contributed by atoms with Gasteiger partial charge in [0, 0.05) is 17.6 Å². The Morgan fingerprint density at radius 2 is 1.67 bits per heavy atom. The van der Waals surface area contributed by atoms with Gasteiger partial charge in [0.05, 0.1) is 16.9 Å². The van der Waals surface area contributed by atoms with Gasteiger partial charge in [0.25, 0.3) is 11.5 Å². The van der Waals surface area contributed by atoms with Crippen LogP contribution in [0.1, 0.15) is 29.1 Å². The van der Waals surface area contributed by atoms with Crippen molar-refractivity contribution in [2.75, 3.05) is 0 Å². The van der Waals surface area contributed by atoms with Gasteiger partial charge in [-0.25, -0.2) is 4.98 Å². The minimum atomic E-state index is -0.465. The fourth-order valence-electron chi connectivity index (χ4n) is 3.44. The Labute approximate surface area is 179 Å². The zero-order valence-corrected chi connectivity index (χ0v) is 17.4. The Bertz CT molecular complexity index is 1280. The highest BCUT2D eigenvalue weighted by molar-refractivity contribution is 6.31. The van der Waals surface area contributed by atoms with Crippen molar-refractivity contribution in [1.29, 1.82) is 0 Å². The fourth-order valence-corrected chi connectivity index (χ4v) is 3.60. The highest BCUT2D eigenvalue weighted by Gasteiger charge is 2.17. The van der Waals surface area contributed by atoms with Crippen LogP contribution in [0.25, 0.3) is 22.0 Å². The number of fused-ring (bicyclic) bond motifs is 1. The average Bonchev–Trinajstić information content (AvgIpc) is 2.76. The van der Waals surface area contributed by atoms with E-state index in [1.165, 1.54) is 4.57 Å². The molecule has 150 valence electrons. The van der Waals surface area contributed by atoms with Crippen LogP contribution in [0.3, 0.4) is 0 Å². The van der Waals surface area contributed by atoms with Crippen molar-refractivity contribution in [1.82, 2.24) is 14.9 Å². The average molecular weight is 418 g/mol. The van der Waals surface area contributed by atoms with Gasteiger partial charge in [-0.15, -0.1) is 0 Å². The van der Waals surface area contributed by atoms with Gasteiger partial charge in [0.15, 0.2) is 0 Å². The van der Waals surface area contributed by atoms with E-state index >= 15 is 0 Å². The molecule has 1 heterocycles. The zero-order chi connectivity index (χ0) is 21.3. The van der Waals surface area contributed by atoms with Crippen LogP contribution in [0.5, 0.6) is 0 Å². The molecule has 0 radical (unpaired) electrons. The summed E-state index contributed by atoms with van der Waals surface area (Å²) in [6.45, 7) is 1.80. The van der Waals surface area contributed by atoms with E-state index in [0.29, 0.717) is 27.3 Å². The molecule has 4 aromatic rings. The Morgan fingerprint density at radius 1 is 1.00 bits per heavy atom. The van der Waals surface area contributed by atoms with Crippen molar-refractivity contribution in [3.8, 4) is 11.1 Å². The highest BCUT2D eigenvalue weighted by atomic mass is 35.5. The van der Waals surface area contributed by atoms with Crippen LogP contribution in [-0.4, -0.2) is 15.5 Å². The Kier molecular flexibility index (Phi) is 5.38. The topological polar surface area (TPSA) is 64.0 Å². The molecule has 5 nitrogen and oxygen atoms in total. The van der Waals surface area contributed by atoms with Crippen LogP contribution in [0, 0.1) is 0 Å². The summed E-state index contributed by atoms with van der Waals surface area (Å²) in [5, 5.41) is 3.92. The van der Waals surface area contributed by atoms with Crippen molar-refractivity contribution < 1.29 is 4.79 Å². The summed E-state index contributed by atoms with van der Waals surface area (Å²) in [5.41, 5.74) is 2.99. The molecular weight excluding hydrogens is 398 g/mol. The predicted octanol–water partition coefficient (Wildman–Crippen LogP) is 4.74. The summed E-state index contributed by atoms with van der Waals surface area (Å²) in [5.74, 6) is 0.228. The molecule has 0 saturated carbocycles. The minimum Gasteiger partial charge on any atom is -0.342 e. The molecule has 1 N–H and O–H groups in total. The van der Waals surface area contributed by atoms with Crippen molar-refractivity contribution in [2.45, 2.75) is 13.0 Å². The number of nitrogens with zero attached hydrogens (tertiary/aromatic N) is 2. The number of nitrogens with one attached hydrogen (secondary N) is 1. The lowest BCUT2D eigenvalue weighted by Crippen LogP contribution is -2.32. The summed E-state index contributed by atoms with van der Waals surface area (Å²) >= 11 is 6.05. The number of hydrogen-bond acceptors (Lipinski definition) is 3. The third-order valence-electron chi connectivity index (χ3n) is 5.06. The molecule has 0 spiro atoms. The van der Waals surface area contributed by atoms with Crippen molar-refractivity contribution in [2.24, 2.45) is 7.05 Å². The van der Waals surface area contributed by atoms with Crippen LogP contribution >= 0.6 is 11.6 Å². The molecule has 6 heteroatoms. The van der Waals surface area contributed by atoms with Gasteiger partial charge in [-0.2, -0.15) is 0 Å². The molecule has 0 saturated heterocycles. The van der Waals surface area contributed by atoms with E-state index in [2.05, 4.69) is 10.3 Å². The summed E-state index contributed by atoms with van der Waals surface area (Å²) in [7, 11) is 1.65. The van der Waals surface area contributed by atoms with Gasteiger partial charge in [0.2, 0.25) is 0 Å². The normalized spacial score (nSPS) is 12.0. The molecule has 30 heavy (non-hydrogen) atoms. The van der Waals surface area contributed by atoms with E-state index in [9.17, 15) is 9.59 Å². The number of carbonyl (C=O) groups is 1. The Balaban J connectivity index is 1.58. The monoisotopic (exact) mass is 417 g/mol. The zero-order valence-electron chi connectivity index (χ0n) is 16.6. The molecule has 0 bridgehead atoms. The maximum Gasteiger partial charge on any atom is 0.261 e. The lowest BCUT2D eigenvalue weighted by atomic mass is 10.0. The molecule has 1 aromatic heterocycles. The fraction of sp³-hybridized carbons (Fsp3) is 0.125. The molecular formula is C24H20ClN3O2. The van der Waals surface area contributed by atoms with Gasteiger partial charge in [-0.05, 0) is 48.4 Å². The van der Waals surface area contributed by atoms with Crippen molar-refractivity contribution >= 4 is 28.4 Å². The van der Waals surface area contributed by atoms with Gasteiger partial charge < -0.3 is 5.32 Å². The molecule has 0 aliphatic carbocycles. The second-order valence-electron chi connectivity index (χ2n) is 7.13. The van der Waals surface area contributed by atoms with Gasteiger partial charge in [0.1, 0.15) is 5.82 Å².